The van der Waals surface area contributed by atoms with Crippen molar-refractivity contribution in [3.63, 3.8) is 0 Å². The molecule has 0 atom stereocenters. The van der Waals surface area contributed by atoms with Gasteiger partial charge in [-0.25, -0.2) is 0 Å². The molecule has 3 rings (SSSR count). The van der Waals surface area contributed by atoms with Crippen molar-refractivity contribution >= 4 is 22.6 Å². The molecule has 2 N–H and O–H groups in total. The van der Waals surface area contributed by atoms with Crippen LogP contribution in [0, 0.1) is 0 Å². The second-order valence-electron chi connectivity index (χ2n) is 5.23. The van der Waals surface area contributed by atoms with E-state index in [9.17, 15) is 9.59 Å². The number of benzene rings is 3. The van der Waals surface area contributed by atoms with Crippen LogP contribution in [0.4, 0.5) is 0 Å². The molecule has 2 amide bonds. The zero-order chi connectivity index (χ0) is 16.1. The first kappa shape index (κ1) is 14.8. The summed E-state index contributed by atoms with van der Waals surface area (Å²) in [6.45, 7) is 0. The predicted molar refractivity (Wildman–Crippen MR) is 89.7 cm³/mol. The van der Waals surface area contributed by atoms with E-state index in [1.165, 1.54) is 0 Å². The molecule has 4 heteroatoms. The maximum atomic E-state index is 12.0. The van der Waals surface area contributed by atoms with Crippen LogP contribution in [-0.2, 0) is 11.2 Å². The van der Waals surface area contributed by atoms with E-state index in [0.717, 1.165) is 16.3 Å². The summed E-state index contributed by atoms with van der Waals surface area (Å²) in [7, 11) is 0. The highest BCUT2D eigenvalue weighted by Crippen LogP contribution is 2.15. The fraction of sp³-hybridized carbons (Fsp3) is 0.0526. The maximum Gasteiger partial charge on any atom is 0.269 e. The second-order valence-corrected chi connectivity index (χ2v) is 5.23. The third-order valence-corrected chi connectivity index (χ3v) is 3.53. The zero-order valence-corrected chi connectivity index (χ0v) is 12.5. The van der Waals surface area contributed by atoms with Crippen molar-refractivity contribution in [2.75, 3.05) is 0 Å². The molecule has 0 unspecified atom stereocenters. The van der Waals surface area contributed by atoms with Crippen LogP contribution in [0.5, 0.6) is 0 Å². The van der Waals surface area contributed by atoms with Gasteiger partial charge >= 0.3 is 0 Å². The van der Waals surface area contributed by atoms with Gasteiger partial charge in [-0.2, -0.15) is 0 Å². The van der Waals surface area contributed by atoms with Crippen molar-refractivity contribution < 1.29 is 9.59 Å². The number of fused-ring (bicyclic) bond motifs is 1. The van der Waals surface area contributed by atoms with Gasteiger partial charge in [0.15, 0.2) is 0 Å². The normalized spacial score (nSPS) is 10.3. The number of hydrogen-bond acceptors (Lipinski definition) is 2. The monoisotopic (exact) mass is 304 g/mol. The molecule has 0 fully saturated rings. The molecule has 0 radical (unpaired) electrons. The van der Waals surface area contributed by atoms with Gasteiger partial charge in [-0.1, -0.05) is 60.7 Å². The number of amides is 2. The minimum atomic E-state index is -0.336. The molecule has 0 aliphatic carbocycles. The molecule has 0 spiro atoms. The molecule has 23 heavy (non-hydrogen) atoms. The van der Waals surface area contributed by atoms with Crippen molar-refractivity contribution in [1.82, 2.24) is 10.9 Å². The van der Waals surface area contributed by atoms with Gasteiger partial charge in [-0.3, -0.25) is 20.4 Å². The Morgan fingerprint density at radius 3 is 2.22 bits per heavy atom. The van der Waals surface area contributed by atoms with Gasteiger partial charge in [0.2, 0.25) is 5.91 Å². The SMILES string of the molecule is O=C(Cc1ccc2ccccc2c1)NNC(=O)c1ccccc1. The van der Waals surface area contributed by atoms with Crippen LogP contribution in [0.1, 0.15) is 15.9 Å². The minimum absolute atomic E-state index is 0.208. The highest BCUT2D eigenvalue weighted by molar-refractivity contribution is 5.95. The van der Waals surface area contributed by atoms with Crippen LogP contribution in [0.15, 0.2) is 72.8 Å². The van der Waals surface area contributed by atoms with E-state index >= 15 is 0 Å². The molecule has 114 valence electrons. The molecule has 4 nitrogen and oxygen atoms in total. The average Bonchev–Trinajstić information content (AvgIpc) is 2.60. The summed E-state index contributed by atoms with van der Waals surface area (Å²) in [5, 5.41) is 2.22. The summed E-state index contributed by atoms with van der Waals surface area (Å²) in [6.07, 6.45) is 0.208. The van der Waals surface area contributed by atoms with E-state index in [1.807, 2.05) is 48.5 Å². The largest absolute Gasteiger partial charge is 0.273 e. The third-order valence-electron chi connectivity index (χ3n) is 3.53. The standard InChI is InChI=1S/C19H16N2O2/c22-18(20-21-19(23)16-7-2-1-3-8-16)13-14-10-11-15-6-4-5-9-17(15)12-14/h1-12H,13H2,(H,20,22)(H,21,23). The van der Waals surface area contributed by atoms with E-state index in [-0.39, 0.29) is 18.2 Å². The summed E-state index contributed by atoms with van der Waals surface area (Å²) >= 11 is 0. The summed E-state index contributed by atoms with van der Waals surface area (Å²) in [5.41, 5.74) is 6.25. The Balaban J connectivity index is 1.59. The van der Waals surface area contributed by atoms with Crippen LogP contribution >= 0.6 is 0 Å². The van der Waals surface area contributed by atoms with Crippen LogP contribution in [0.25, 0.3) is 10.8 Å². The van der Waals surface area contributed by atoms with Crippen LogP contribution in [-0.4, -0.2) is 11.8 Å². The predicted octanol–water partition coefficient (Wildman–Crippen LogP) is 2.84. The van der Waals surface area contributed by atoms with Gasteiger partial charge in [-0.15, -0.1) is 0 Å². The lowest BCUT2D eigenvalue weighted by Gasteiger charge is -2.08. The number of nitrogens with one attached hydrogen (secondary N) is 2. The van der Waals surface area contributed by atoms with Gasteiger partial charge in [0.05, 0.1) is 6.42 Å². The minimum Gasteiger partial charge on any atom is -0.273 e. The van der Waals surface area contributed by atoms with E-state index in [2.05, 4.69) is 10.9 Å². The Hall–Kier alpha value is -3.14. The molecule has 0 saturated heterocycles. The summed E-state index contributed by atoms with van der Waals surface area (Å²) in [6, 6.07) is 22.6. The number of hydrazine groups is 1. The molecular formula is C19H16N2O2. The van der Waals surface area contributed by atoms with Gasteiger partial charge in [0, 0.05) is 5.56 Å². The molecule has 0 aromatic heterocycles. The number of hydrogen-bond donors (Lipinski definition) is 2. The third kappa shape index (κ3) is 3.74. The molecule has 0 bridgehead atoms. The highest BCUT2D eigenvalue weighted by Gasteiger charge is 2.07. The number of rotatable bonds is 3. The van der Waals surface area contributed by atoms with Gasteiger partial charge in [-0.05, 0) is 28.5 Å². The molecule has 0 aliphatic rings. The quantitative estimate of drug-likeness (QED) is 0.731. The van der Waals surface area contributed by atoms with E-state index in [4.69, 9.17) is 0 Å². The molecule has 0 aliphatic heterocycles. The Morgan fingerprint density at radius 1 is 0.739 bits per heavy atom. The fourth-order valence-corrected chi connectivity index (χ4v) is 2.37. The van der Waals surface area contributed by atoms with Gasteiger partial charge in [0.1, 0.15) is 0 Å². The second kappa shape index (κ2) is 6.75. The van der Waals surface area contributed by atoms with Crippen LogP contribution in [0.3, 0.4) is 0 Å². The van der Waals surface area contributed by atoms with Crippen molar-refractivity contribution in [1.29, 1.82) is 0 Å². The summed E-state index contributed by atoms with van der Waals surface area (Å²) in [5.74, 6) is -0.595. The first-order valence-electron chi connectivity index (χ1n) is 7.34. The number of carbonyl (C=O) groups is 2. The van der Waals surface area contributed by atoms with Crippen LogP contribution < -0.4 is 10.9 Å². The van der Waals surface area contributed by atoms with Crippen molar-refractivity contribution in [2.24, 2.45) is 0 Å². The maximum absolute atomic E-state index is 12.0. The summed E-state index contributed by atoms with van der Waals surface area (Å²) in [4.78, 5) is 23.8. The molecule has 3 aromatic carbocycles. The lowest BCUT2D eigenvalue weighted by atomic mass is 10.1. The van der Waals surface area contributed by atoms with Crippen molar-refractivity contribution in [3.05, 3.63) is 83.9 Å². The van der Waals surface area contributed by atoms with Gasteiger partial charge in [0.25, 0.3) is 5.91 Å². The lowest BCUT2D eigenvalue weighted by Crippen LogP contribution is -2.42. The molecular weight excluding hydrogens is 288 g/mol. The lowest BCUT2D eigenvalue weighted by molar-refractivity contribution is -0.121. The number of carbonyl (C=O) groups excluding carboxylic acids is 2. The zero-order valence-electron chi connectivity index (χ0n) is 12.5. The van der Waals surface area contributed by atoms with E-state index in [0.29, 0.717) is 5.56 Å². The Morgan fingerprint density at radius 2 is 1.43 bits per heavy atom. The molecule has 3 aromatic rings. The molecule has 0 heterocycles. The average molecular weight is 304 g/mol. The molecule has 0 saturated carbocycles. The summed E-state index contributed by atoms with van der Waals surface area (Å²) < 4.78 is 0. The smallest absolute Gasteiger partial charge is 0.269 e. The fourth-order valence-electron chi connectivity index (χ4n) is 2.37. The first-order valence-corrected chi connectivity index (χ1v) is 7.34. The first-order chi connectivity index (χ1) is 11.2. The van der Waals surface area contributed by atoms with Crippen LogP contribution in [0.2, 0.25) is 0 Å². The van der Waals surface area contributed by atoms with Crippen molar-refractivity contribution in [3.8, 4) is 0 Å². The Bertz CT molecular complexity index is 844. The van der Waals surface area contributed by atoms with Gasteiger partial charge < -0.3 is 0 Å². The highest BCUT2D eigenvalue weighted by atomic mass is 16.2. The topological polar surface area (TPSA) is 58.2 Å². The van der Waals surface area contributed by atoms with E-state index < -0.39 is 0 Å². The van der Waals surface area contributed by atoms with Crippen molar-refractivity contribution in [2.45, 2.75) is 6.42 Å². The van der Waals surface area contributed by atoms with E-state index in [1.54, 1.807) is 24.3 Å². The Labute approximate surface area is 134 Å². The Kier molecular flexibility index (Phi) is 4.34.